The molecule has 0 aliphatic heterocycles. The molecule has 1 saturated carbocycles. The Bertz CT molecular complexity index is 566. The number of imidazole rings is 1. The number of aryl methyl sites for hydroxylation is 1. The van der Waals surface area contributed by atoms with Gasteiger partial charge < -0.3 is 9.88 Å². The first-order valence-electron chi connectivity index (χ1n) is 6.89. The Hall–Kier alpha value is -1.29. The molecular formula is C14H19ClN4. The fourth-order valence-electron chi connectivity index (χ4n) is 2.81. The molecule has 2 aromatic heterocycles. The summed E-state index contributed by atoms with van der Waals surface area (Å²) >= 11 is 6.39. The summed E-state index contributed by atoms with van der Waals surface area (Å²) in [5, 5.41) is 3.73. The zero-order chi connectivity index (χ0) is 13.2. The zero-order valence-corrected chi connectivity index (χ0v) is 11.9. The molecule has 1 fully saturated rings. The van der Waals surface area contributed by atoms with Gasteiger partial charge in [0.05, 0.1) is 11.8 Å². The number of pyridine rings is 1. The molecule has 0 saturated heterocycles. The number of anilines is 1. The van der Waals surface area contributed by atoms with Crippen LogP contribution in [-0.2, 0) is 7.05 Å². The van der Waals surface area contributed by atoms with Crippen LogP contribution in [0, 0.1) is 5.92 Å². The SMILES string of the molecule is Cn1cnc2c(NCC3CCCCC3Cl)nccc21. The minimum absolute atomic E-state index is 0.296. The number of hydrogen-bond donors (Lipinski definition) is 1. The highest BCUT2D eigenvalue weighted by Crippen LogP contribution is 2.29. The van der Waals surface area contributed by atoms with Gasteiger partial charge >= 0.3 is 0 Å². The van der Waals surface area contributed by atoms with Gasteiger partial charge in [-0.2, -0.15) is 0 Å². The predicted octanol–water partition coefficient (Wildman–Crippen LogP) is 3.18. The molecule has 0 bridgehead atoms. The summed E-state index contributed by atoms with van der Waals surface area (Å²) in [4.78, 5) is 8.81. The Balaban J connectivity index is 1.74. The smallest absolute Gasteiger partial charge is 0.154 e. The van der Waals surface area contributed by atoms with Gasteiger partial charge in [0.25, 0.3) is 0 Å². The van der Waals surface area contributed by atoms with Crippen LogP contribution in [0.4, 0.5) is 5.82 Å². The summed E-state index contributed by atoms with van der Waals surface area (Å²) in [6, 6.07) is 1.98. The molecule has 19 heavy (non-hydrogen) atoms. The molecule has 3 rings (SSSR count). The van der Waals surface area contributed by atoms with E-state index >= 15 is 0 Å². The number of rotatable bonds is 3. The van der Waals surface area contributed by atoms with Crippen molar-refractivity contribution in [1.82, 2.24) is 14.5 Å². The van der Waals surface area contributed by atoms with Crippen LogP contribution in [0.25, 0.3) is 11.0 Å². The van der Waals surface area contributed by atoms with E-state index in [1.807, 2.05) is 30.2 Å². The highest BCUT2D eigenvalue weighted by Gasteiger charge is 2.23. The molecule has 2 unspecified atom stereocenters. The van der Waals surface area contributed by atoms with E-state index in [0.717, 1.165) is 29.8 Å². The average molecular weight is 279 g/mol. The Labute approximate surface area is 118 Å². The number of nitrogens with zero attached hydrogens (tertiary/aromatic N) is 3. The van der Waals surface area contributed by atoms with Crippen molar-refractivity contribution in [2.45, 2.75) is 31.1 Å². The van der Waals surface area contributed by atoms with Gasteiger partial charge in [-0.3, -0.25) is 0 Å². The van der Waals surface area contributed by atoms with E-state index in [1.165, 1.54) is 19.3 Å². The van der Waals surface area contributed by atoms with Crippen LogP contribution >= 0.6 is 11.6 Å². The number of hydrogen-bond acceptors (Lipinski definition) is 3. The maximum absolute atomic E-state index is 6.39. The topological polar surface area (TPSA) is 42.7 Å². The molecule has 1 aliphatic carbocycles. The van der Waals surface area contributed by atoms with Crippen molar-refractivity contribution in [2.75, 3.05) is 11.9 Å². The van der Waals surface area contributed by atoms with Crippen LogP contribution in [-0.4, -0.2) is 26.5 Å². The Morgan fingerprint density at radius 3 is 3.05 bits per heavy atom. The monoisotopic (exact) mass is 278 g/mol. The highest BCUT2D eigenvalue weighted by molar-refractivity contribution is 6.20. The molecule has 0 spiro atoms. The number of fused-ring (bicyclic) bond motifs is 1. The average Bonchev–Trinajstić information content (AvgIpc) is 2.81. The van der Waals surface area contributed by atoms with Crippen molar-refractivity contribution >= 4 is 28.5 Å². The fourth-order valence-corrected chi connectivity index (χ4v) is 3.18. The third kappa shape index (κ3) is 2.54. The lowest BCUT2D eigenvalue weighted by Crippen LogP contribution is -2.27. The van der Waals surface area contributed by atoms with Gasteiger partial charge in [-0.25, -0.2) is 9.97 Å². The summed E-state index contributed by atoms with van der Waals surface area (Å²) < 4.78 is 2.01. The normalized spacial score (nSPS) is 23.7. The zero-order valence-electron chi connectivity index (χ0n) is 11.1. The number of alkyl halides is 1. The summed E-state index contributed by atoms with van der Waals surface area (Å²) in [7, 11) is 2.00. The van der Waals surface area contributed by atoms with Crippen LogP contribution < -0.4 is 5.32 Å². The van der Waals surface area contributed by atoms with Gasteiger partial charge in [-0.05, 0) is 24.8 Å². The molecule has 102 valence electrons. The first-order chi connectivity index (χ1) is 9.25. The van der Waals surface area contributed by atoms with Gasteiger partial charge in [0.2, 0.25) is 0 Å². The van der Waals surface area contributed by atoms with Crippen molar-refractivity contribution < 1.29 is 0 Å². The van der Waals surface area contributed by atoms with E-state index in [4.69, 9.17) is 11.6 Å². The first-order valence-corrected chi connectivity index (χ1v) is 7.33. The quantitative estimate of drug-likeness (QED) is 0.877. The van der Waals surface area contributed by atoms with Crippen LogP contribution in [0.15, 0.2) is 18.6 Å². The Morgan fingerprint density at radius 2 is 2.21 bits per heavy atom. The minimum atomic E-state index is 0.296. The van der Waals surface area contributed by atoms with Crippen molar-refractivity contribution in [3.05, 3.63) is 18.6 Å². The lowest BCUT2D eigenvalue weighted by Gasteiger charge is -2.27. The molecule has 4 nitrogen and oxygen atoms in total. The largest absolute Gasteiger partial charge is 0.368 e. The second-order valence-corrected chi connectivity index (χ2v) is 5.88. The molecular weight excluding hydrogens is 260 g/mol. The van der Waals surface area contributed by atoms with Gasteiger partial charge in [0, 0.05) is 25.2 Å². The molecule has 1 N–H and O–H groups in total. The van der Waals surface area contributed by atoms with E-state index in [2.05, 4.69) is 15.3 Å². The maximum atomic E-state index is 6.39. The molecule has 1 aliphatic rings. The van der Waals surface area contributed by atoms with Crippen molar-refractivity contribution in [1.29, 1.82) is 0 Å². The second-order valence-electron chi connectivity index (χ2n) is 5.32. The van der Waals surface area contributed by atoms with Crippen LogP contribution in [0.2, 0.25) is 0 Å². The van der Waals surface area contributed by atoms with E-state index in [1.54, 1.807) is 0 Å². The van der Waals surface area contributed by atoms with E-state index in [-0.39, 0.29) is 0 Å². The molecule has 2 aromatic rings. The molecule has 0 aromatic carbocycles. The Kier molecular flexibility index (Phi) is 3.60. The van der Waals surface area contributed by atoms with E-state index < -0.39 is 0 Å². The third-order valence-electron chi connectivity index (χ3n) is 3.99. The molecule has 0 radical (unpaired) electrons. The standard InChI is InChI=1S/C14H19ClN4/c1-19-9-18-13-12(19)6-7-16-14(13)17-8-10-4-2-3-5-11(10)15/h6-7,9-11H,2-5,8H2,1H3,(H,16,17). The number of aromatic nitrogens is 3. The molecule has 0 amide bonds. The maximum Gasteiger partial charge on any atom is 0.154 e. The predicted molar refractivity (Wildman–Crippen MR) is 78.6 cm³/mol. The highest BCUT2D eigenvalue weighted by atomic mass is 35.5. The lowest BCUT2D eigenvalue weighted by molar-refractivity contribution is 0.380. The lowest BCUT2D eigenvalue weighted by atomic mass is 9.89. The van der Waals surface area contributed by atoms with Crippen molar-refractivity contribution in [2.24, 2.45) is 13.0 Å². The molecule has 2 heterocycles. The van der Waals surface area contributed by atoms with Gasteiger partial charge in [0.1, 0.15) is 5.52 Å². The molecule has 5 heteroatoms. The molecule has 2 atom stereocenters. The third-order valence-corrected chi connectivity index (χ3v) is 4.57. The first kappa shape index (κ1) is 12.7. The number of nitrogens with one attached hydrogen (secondary N) is 1. The minimum Gasteiger partial charge on any atom is -0.368 e. The van der Waals surface area contributed by atoms with Crippen molar-refractivity contribution in [3.63, 3.8) is 0 Å². The van der Waals surface area contributed by atoms with Crippen LogP contribution in [0.1, 0.15) is 25.7 Å². The van der Waals surface area contributed by atoms with E-state index in [0.29, 0.717) is 11.3 Å². The summed E-state index contributed by atoms with van der Waals surface area (Å²) in [5.41, 5.74) is 2.04. The Morgan fingerprint density at radius 1 is 1.37 bits per heavy atom. The second kappa shape index (κ2) is 5.37. The van der Waals surface area contributed by atoms with Crippen LogP contribution in [0.3, 0.4) is 0 Å². The van der Waals surface area contributed by atoms with Gasteiger partial charge in [0.15, 0.2) is 5.82 Å². The summed E-state index contributed by atoms with van der Waals surface area (Å²) in [6.45, 7) is 0.886. The number of halogens is 1. The van der Waals surface area contributed by atoms with Crippen molar-refractivity contribution in [3.8, 4) is 0 Å². The van der Waals surface area contributed by atoms with Crippen LogP contribution in [0.5, 0.6) is 0 Å². The van der Waals surface area contributed by atoms with Gasteiger partial charge in [-0.15, -0.1) is 11.6 Å². The van der Waals surface area contributed by atoms with E-state index in [9.17, 15) is 0 Å². The summed E-state index contributed by atoms with van der Waals surface area (Å²) in [6.07, 6.45) is 8.54. The van der Waals surface area contributed by atoms with Gasteiger partial charge in [-0.1, -0.05) is 12.8 Å². The fraction of sp³-hybridized carbons (Fsp3) is 0.571. The summed E-state index contributed by atoms with van der Waals surface area (Å²) in [5.74, 6) is 1.41.